The summed E-state index contributed by atoms with van der Waals surface area (Å²) < 4.78 is 5.34. The fraction of sp³-hybridized carbons (Fsp3) is 0.500. The number of hydrogen-bond donors (Lipinski definition) is 1. The van der Waals surface area contributed by atoms with Gasteiger partial charge < -0.3 is 10.5 Å². The summed E-state index contributed by atoms with van der Waals surface area (Å²) >= 11 is 0. The second-order valence-corrected chi connectivity index (χ2v) is 4.41. The third-order valence-corrected chi connectivity index (χ3v) is 2.85. The van der Waals surface area contributed by atoms with E-state index in [-0.39, 0.29) is 17.6 Å². The van der Waals surface area contributed by atoms with E-state index in [9.17, 15) is 4.79 Å². The van der Waals surface area contributed by atoms with Gasteiger partial charge in [-0.05, 0) is 37.1 Å². The lowest BCUT2D eigenvalue weighted by atomic mass is 9.88. The van der Waals surface area contributed by atoms with E-state index in [1.165, 1.54) is 0 Å². The molecule has 0 aliphatic heterocycles. The second kappa shape index (κ2) is 6.40. The van der Waals surface area contributed by atoms with Crippen molar-refractivity contribution in [1.29, 1.82) is 0 Å². The maximum absolute atomic E-state index is 12.2. The first-order valence-electron chi connectivity index (χ1n) is 6.07. The van der Waals surface area contributed by atoms with Gasteiger partial charge in [-0.25, -0.2) is 0 Å². The number of rotatable bonds is 6. The number of carbonyl (C=O) groups excluding carboxylic acids is 1. The van der Waals surface area contributed by atoms with E-state index in [0.717, 1.165) is 5.75 Å². The largest absolute Gasteiger partial charge is 0.494 e. The summed E-state index contributed by atoms with van der Waals surface area (Å²) in [6.07, 6.45) is 0. The lowest BCUT2D eigenvalue weighted by Crippen LogP contribution is -2.28. The van der Waals surface area contributed by atoms with Crippen molar-refractivity contribution in [2.24, 2.45) is 17.6 Å². The first-order chi connectivity index (χ1) is 8.10. The molecule has 3 heteroatoms. The first-order valence-corrected chi connectivity index (χ1v) is 6.07. The number of ketones is 1. The van der Waals surface area contributed by atoms with Crippen LogP contribution in [-0.2, 0) is 0 Å². The topological polar surface area (TPSA) is 52.3 Å². The molecule has 0 saturated heterocycles. The molecule has 1 aromatic rings. The summed E-state index contributed by atoms with van der Waals surface area (Å²) in [4.78, 5) is 12.2. The summed E-state index contributed by atoms with van der Waals surface area (Å²) in [5, 5.41) is 0. The van der Waals surface area contributed by atoms with Crippen LogP contribution in [0.5, 0.6) is 5.75 Å². The number of benzene rings is 1. The van der Waals surface area contributed by atoms with Crippen molar-refractivity contribution in [2.75, 3.05) is 13.2 Å². The molecule has 0 fully saturated rings. The van der Waals surface area contributed by atoms with Crippen LogP contribution in [0, 0.1) is 11.8 Å². The molecular formula is C14H21NO2. The Morgan fingerprint density at radius 3 is 2.29 bits per heavy atom. The maximum atomic E-state index is 12.2. The molecule has 3 nitrogen and oxygen atoms in total. The number of Topliss-reactive ketones (excluding diaryl/α,β-unsaturated/α-hetero) is 1. The Labute approximate surface area is 103 Å². The van der Waals surface area contributed by atoms with Crippen LogP contribution in [0.25, 0.3) is 0 Å². The van der Waals surface area contributed by atoms with Gasteiger partial charge in [0.15, 0.2) is 5.78 Å². The molecule has 2 N–H and O–H groups in total. The molecule has 0 aliphatic carbocycles. The Bertz CT molecular complexity index is 357. The van der Waals surface area contributed by atoms with Gasteiger partial charge in [-0.1, -0.05) is 13.8 Å². The molecule has 94 valence electrons. The SMILES string of the molecule is CCOc1ccc(C(=O)C(CN)C(C)C)cc1. The van der Waals surface area contributed by atoms with E-state index >= 15 is 0 Å². The van der Waals surface area contributed by atoms with E-state index in [2.05, 4.69) is 0 Å². The van der Waals surface area contributed by atoms with E-state index in [1.54, 1.807) is 12.1 Å². The summed E-state index contributed by atoms with van der Waals surface area (Å²) in [6.45, 7) is 6.99. The Kier molecular flexibility index (Phi) is 5.16. The van der Waals surface area contributed by atoms with E-state index in [1.807, 2.05) is 32.9 Å². The molecule has 17 heavy (non-hydrogen) atoms. The Morgan fingerprint density at radius 1 is 1.29 bits per heavy atom. The van der Waals surface area contributed by atoms with Gasteiger partial charge in [-0.2, -0.15) is 0 Å². The molecule has 0 aromatic heterocycles. The van der Waals surface area contributed by atoms with Crippen molar-refractivity contribution in [1.82, 2.24) is 0 Å². The van der Waals surface area contributed by atoms with Crippen molar-refractivity contribution in [3.05, 3.63) is 29.8 Å². The first kappa shape index (κ1) is 13.7. The zero-order valence-electron chi connectivity index (χ0n) is 10.8. The number of carbonyl (C=O) groups is 1. The minimum absolute atomic E-state index is 0.104. The van der Waals surface area contributed by atoms with E-state index in [0.29, 0.717) is 18.7 Å². The monoisotopic (exact) mass is 235 g/mol. The lowest BCUT2D eigenvalue weighted by Gasteiger charge is -2.17. The highest BCUT2D eigenvalue weighted by Crippen LogP contribution is 2.19. The van der Waals surface area contributed by atoms with E-state index < -0.39 is 0 Å². The van der Waals surface area contributed by atoms with Crippen LogP contribution in [0.1, 0.15) is 31.1 Å². The summed E-state index contributed by atoms with van der Waals surface area (Å²) in [5.41, 5.74) is 6.35. The normalized spacial score (nSPS) is 12.5. The van der Waals surface area contributed by atoms with Gasteiger partial charge >= 0.3 is 0 Å². The molecule has 0 amide bonds. The molecule has 0 heterocycles. The molecule has 0 radical (unpaired) electrons. The van der Waals surface area contributed by atoms with Crippen LogP contribution in [0.2, 0.25) is 0 Å². The van der Waals surface area contributed by atoms with Gasteiger partial charge in [-0.15, -0.1) is 0 Å². The molecule has 1 unspecified atom stereocenters. The summed E-state index contributed by atoms with van der Waals surface area (Å²) in [6, 6.07) is 7.26. The molecule has 1 atom stereocenters. The molecule has 0 aliphatic rings. The molecule has 1 aromatic carbocycles. The molecule has 0 saturated carbocycles. The van der Waals surface area contributed by atoms with Crippen molar-refractivity contribution >= 4 is 5.78 Å². The lowest BCUT2D eigenvalue weighted by molar-refractivity contribution is 0.0892. The van der Waals surface area contributed by atoms with Crippen LogP contribution in [-0.4, -0.2) is 18.9 Å². The highest BCUT2D eigenvalue weighted by Gasteiger charge is 2.21. The van der Waals surface area contributed by atoms with Gasteiger partial charge in [0.05, 0.1) is 6.61 Å². The molecule has 0 spiro atoms. The second-order valence-electron chi connectivity index (χ2n) is 4.41. The highest BCUT2D eigenvalue weighted by molar-refractivity contribution is 5.98. The van der Waals surface area contributed by atoms with Crippen LogP contribution < -0.4 is 10.5 Å². The minimum atomic E-state index is -0.104. The number of nitrogens with two attached hydrogens (primary N) is 1. The predicted molar refractivity (Wildman–Crippen MR) is 69.3 cm³/mol. The van der Waals surface area contributed by atoms with Crippen molar-refractivity contribution in [3.63, 3.8) is 0 Å². The van der Waals surface area contributed by atoms with Gasteiger partial charge in [0.2, 0.25) is 0 Å². The van der Waals surface area contributed by atoms with Crippen molar-refractivity contribution in [2.45, 2.75) is 20.8 Å². The van der Waals surface area contributed by atoms with Crippen LogP contribution in [0.3, 0.4) is 0 Å². The van der Waals surface area contributed by atoms with E-state index in [4.69, 9.17) is 10.5 Å². The summed E-state index contributed by atoms with van der Waals surface area (Å²) in [5.74, 6) is 1.07. The molecule has 1 rings (SSSR count). The number of ether oxygens (including phenoxy) is 1. The van der Waals surface area contributed by atoms with Crippen LogP contribution >= 0.6 is 0 Å². The Hall–Kier alpha value is -1.35. The average molecular weight is 235 g/mol. The Morgan fingerprint density at radius 2 is 1.88 bits per heavy atom. The summed E-state index contributed by atoms with van der Waals surface area (Å²) in [7, 11) is 0. The van der Waals surface area contributed by atoms with Gasteiger partial charge in [0.1, 0.15) is 5.75 Å². The van der Waals surface area contributed by atoms with Crippen molar-refractivity contribution < 1.29 is 9.53 Å². The van der Waals surface area contributed by atoms with Crippen LogP contribution in [0.15, 0.2) is 24.3 Å². The maximum Gasteiger partial charge on any atom is 0.167 e. The number of hydrogen-bond acceptors (Lipinski definition) is 3. The highest BCUT2D eigenvalue weighted by atomic mass is 16.5. The third-order valence-electron chi connectivity index (χ3n) is 2.85. The quantitative estimate of drug-likeness (QED) is 0.771. The third kappa shape index (κ3) is 3.56. The molecular weight excluding hydrogens is 214 g/mol. The zero-order chi connectivity index (χ0) is 12.8. The minimum Gasteiger partial charge on any atom is -0.494 e. The van der Waals surface area contributed by atoms with Crippen molar-refractivity contribution in [3.8, 4) is 5.75 Å². The fourth-order valence-corrected chi connectivity index (χ4v) is 1.78. The Balaban J connectivity index is 2.81. The fourth-order valence-electron chi connectivity index (χ4n) is 1.78. The molecule has 0 bridgehead atoms. The zero-order valence-corrected chi connectivity index (χ0v) is 10.8. The van der Waals surface area contributed by atoms with Gasteiger partial charge in [-0.3, -0.25) is 4.79 Å². The predicted octanol–water partition coefficient (Wildman–Crippen LogP) is 2.50. The smallest absolute Gasteiger partial charge is 0.167 e. The standard InChI is InChI=1S/C14H21NO2/c1-4-17-12-7-5-11(6-8-12)14(16)13(9-15)10(2)3/h5-8,10,13H,4,9,15H2,1-3H3. The van der Waals surface area contributed by atoms with Crippen LogP contribution in [0.4, 0.5) is 0 Å². The average Bonchev–Trinajstić information content (AvgIpc) is 2.30. The van der Waals surface area contributed by atoms with Gasteiger partial charge in [0, 0.05) is 18.0 Å². The van der Waals surface area contributed by atoms with Gasteiger partial charge in [0.25, 0.3) is 0 Å².